The van der Waals surface area contributed by atoms with Crippen LogP contribution in [0.1, 0.15) is 11.3 Å². The third-order valence-corrected chi connectivity index (χ3v) is 5.46. The van der Waals surface area contributed by atoms with Gasteiger partial charge in [-0.05, 0) is 41.0 Å². The lowest BCUT2D eigenvalue weighted by Crippen LogP contribution is -1.90. The first-order chi connectivity index (χ1) is 15.1. The number of hydrogen-bond donors (Lipinski definition) is 3. The van der Waals surface area contributed by atoms with Crippen LogP contribution in [-0.2, 0) is 6.42 Å². The molecule has 5 rings (SSSR count). The Labute approximate surface area is 179 Å². The van der Waals surface area contributed by atoms with Crippen LogP contribution in [-0.4, -0.2) is 15.3 Å². The zero-order valence-electron chi connectivity index (χ0n) is 16.6. The standard InChI is InChI=1S/C27H20O4/c28-21-12-9-18(10-13-21)17-5-7-19(8-6-17)27-23-3-1-2-4-25(23)31-26(27)15-20-11-14-22(29)16-24(20)30/h1-14,16,28-30H,15H2. The number of fused-ring (bicyclic) bond motifs is 1. The minimum Gasteiger partial charge on any atom is -0.508 e. The molecule has 4 aromatic carbocycles. The van der Waals surface area contributed by atoms with Gasteiger partial charge in [-0.3, -0.25) is 0 Å². The Balaban J connectivity index is 1.58. The van der Waals surface area contributed by atoms with Crippen molar-refractivity contribution in [1.29, 1.82) is 0 Å². The summed E-state index contributed by atoms with van der Waals surface area (Å²) in [5.41, 5.74) is 5.54. The van der Waals surface area contributed by atoms with Crippen molar-refractivity contribution in [2.75, 3.05) is 0 Å². The van der Waals surface area contributed by atoms with Gasteiger partial charge in [0.15, 0.2) is 0 Å². The van der Waals surface area contributed by atoms with Gasteiger partial charge in [-0.15, -0.1) is 0 Å². The number of phenols is 3. The molecule has 0 aliphatic carbocycles. The first-order valence-corrected chi connectivity index (χ1v) is 9.99. The van der Waals surface area contributed by atoms with E-state index in [-0.39, 0.29) is 17.2 Å². The summed E-state index contributed by atoms with van der Waals surface area (Å²) in [6.07, 6.45) is 0.399. The van der Waals surface area contributed by atoms with Gasteiger partial charge in [0.25, 0.3) is 0 Å². The van der Waals surface area contributed by atoms with Crippen molar-refractivity contribution in [3.8, 4) is 39.5 Å². The maximum Gasteiger partial charge on any atom is 0.134 e. The summed E-state index contributed by atoms with van der Waals surface area (Å²) < 4.78 is 6.17. The molecule has 0 saturated heterocycles. The molecule has 0 bridgehead atoms. The molecule has 0 aliphatic heterocycles. The van der Waals surface area contributed by atoms with E-state index >= 15 is 0 Å². The predicted molar refractivity (Wildman–Crippen MR) is 121 cm³/mol. The Kier molecular flexibility index (Phi) is 4.60. The minimum absolute atomic E-state index is 0.0240. The van der Waals surface area contributed by atoms with Gasteiger partial charge in [-0.25, -0.2) is 0 Å². The van der Waals surface area contributed by atoms with Gasteiger partial charge in [0.2, 0.25) is 0 Å². The highest BCUT2D eigenvalue weighted by Crippen LogP contribution is 2.38. The fourth-order valence-corrected chi connectivity index (χ4v) is 3.90. The Hall–Kier alpha value is -4.18. The summed E-state index contributed by atoms with van der Waals surface area (Å²) >= 11 is 0. The van der Waals surface area contributed by atoms with E-state index in [9.17, 15) is 15.3 Å². The summed E-state index contributed by atoms with van der Waals surface area (Å²) in [6.45, 7) is 0. The maximum absolute atomic E-state index is 10.3. The molecule has 5 aromatic rings. The van der Waals surface area contributed by atoms with Crippen LogP contribution in [0.2, 0.25) is 0 Å². The second-order valence-corrected chi connectivity index (χ2v) is 7.51. The molecule has 0 spiro atoms. The lowest BCUT2D eigenvalue weighted by molar-refractivity contribution is 0.445. The van der Waals surface area contributed by atoms with Crippen LogP contribution >= 0.6 is 0 Å². The highest BCUT2D eigenvalue weighted by atomic mass is 16.3. The summed E-state index contributed by atoms with van der Waals surface area (Å²) in [4.78, 5) is 0. The van der Waals surface area contributed by atoms with Gasteiger partial charge in [0, 0.05) is 29.0 Å². The van der Waals surface area contributed by atoms with Crippen LogP contribution in [0.15, 0.2) is 95.4 Å². The van der Waals surface area contributed by atoms with Crippen molar-refractivity contribution in [2.24, 2.45) is 0 Å². The average Bonchev–Trinajstić information content (AvgIpc) is 3.14. The van der Waals surface area contributed by atoms with Crippen LogP contribution in [0.3, 0.4) is 0 Å². The molecule has 1 heterocycles. The van der Waals surface area contributed by atoms with Crippen LogP contribution in [0.5, 0.6) is 17.2 Å². The van der Waals surface area contributed by atoms with Crippen molar-refractivity contribution in [3.05, 3.63) is 102 Å². The van der Waals surface area contributed by atoms with Crippen molar-refractivity contribution >= 4 is 11.0 Å². The number of benzene rings is 4. The molecule has 0 fully saturated rings. The fraction of sp³-hybridized carbons (Fsp3) is 0.0370. The molecule has 152 valence electrons. The highest BCUT2D eigenvalue weighted by molar-refractivity contribution is 5.96. The van der Waals surface area contributed by atoms with Gasteiger partial charge in [-0.2, -0.15) is 0 Å². The van der Waals surface area contributed by atoms with Gasteiger partial charge in [-0.1, -0.05) is 60.7 Å². The summed E-state index contributed by atoms with van der Waals surface area (Å²) in [7, 11) is 0. The Morgan fingerprint density at radius 1 is 0.613 bits per heavy atom. The summed E-state index contributed by atoms with van der Waals surface area (Å²) in [6, 6.07) is 27.8. The Morgan fingerprint density at radius 2 is 1.23 bits per heavy atom. The van der Waals surface area contributed by atoms with Crippen LogP contribution in [0.4, 0.5) is 0 Å². The SMILES string of the molecule is Oc1ccc(-c2ccc(-c3c(Cc4ccc(O)cc4O)oc4ccccc34)cc2)cc1. The van der Waals surface area contributed by atoms with E-state index in [4.69, 9.17) is 4.42 Å². The van der Waals surface area contributed by atoms with E-state index in [2.05, 4.69) is 12.1 Å². The van der Waals surface area contributed by atoms with E-state index in [1.54, 1.807) is 24.3 Å². The zero-order chi connectivity index (χ0) is 21.4. The third-order valence-electron chi connectivity index (χ3n) is 5.46. The highest BCUT2D eigenvalue weighted by Gasteiger charge is 2.18. The van der Waals surface area contributed by atoms with Crippen LogP contribution in [0, 0.1) is 0 Å². The number of furan rings is 1. The van der Waals surface area contributed by atoms with Crippen molar-refractivity contribution < 1.29 is 19.7 Å². The molecular weight excluding hydrogens is 388 g/mol. The minimum atomic E-state index is 0.0240. The molecule has 0 atom stereocenters. The van der Waals surface area contributed by atoms with Gasteiger partial charge < -0.3 is 19.7 Å². The molecule has 4 nitrogen and oxygen atoms in total. The van der Waals surface area contributed by atoms with Gasteiger partial charge in [0.1, 0.15) is 28.6 Å². The van der Waals surface area contributed by atoms with Crippen LogP contribution < -0.4 is 0 Å². The second-order valence-electron chi connectivity index (χ2n) is 7.51. The average molecular weight is 408 g/mol. The van der Waals surface area contributed by atoms with Gasteiger partial charge in [0.05, 0.1) is 0 Å². The second kappa shape index (κ2) is 7.58. The lowest BCUT2D eigenvalue weighted by atomic mass is 9.96. The molecule has 3 N–H and O–H groups in total. The first-order valence-electron chi connectivity index (χ1n) is 9.99. The van der Waals surface area contributed by atoms with Gasteiger partial charge >= 0.3 is 0 Å². The normalized spacial score (nSPS) is 11.1. The molecule has 4 heteroatoms. The maximum atomic E-state index is 10.3. The molecule has 0 aliphatic rings. The van der Waals surface area contributed by atoms with E-state index in [0.29, 0.717) is 12.0 Å². The lowest BCUT2D eigenvalue weighted by Gasteiger charge is -2.08. The topological polar surface area (TPSA) is 73.8 Å². The zero-order valence-corrected chi connectivity index (χ0v) is 16.6. The monoisotopic (exact) mass is 408 g/mol. The number of para-hydroxylation sites is 1. The van der Waals surface area contributed by atoms with E-state index in [0.717, 1.165) is 39.0 Å². The third kappa shape index (κ3) is 3.60. The van der Waals surface area contributed by atoms with Crippen LogP contribution in [0.25, 0.3) is 33.2 Å². The molecule has 0 radical (unpaired) electrons. The molecule has 31 heavy (non-hydrogen) atoms. The summed E-state index contributed by atoms with van der Waals surface area (Å²) in [5.74, 6) is 1.05. The van der Waals surface area contributed by atoms with Crippen molar-refractivity contribution in [3.63, 3.8) is 0 Å². The Morgan fingerprint density at radius 3 is 1.94 bits per heavy atom. The molecule has 1 aromatic heterocycles. The summed E-state index contributed by atoms with van der Waals surface area (Å²) in [5, 5.41) is 30.4. The fourth-order valence-electron chi connectivity index (χ4n) is 3.90. The number of phenolic OH excluding ortho intramolecular Hbond substituents is 3. The quantitative estimate of drug-likeness (QED) is 0.318. The molecule has 0 unspecified atom stereocenters. The van der Waals surface area contributed by atoms with E-state index < -0.39 is 0 Å². The predicted octanol–water partition coefficient (Wildman–Crippen LogP) is 6.47. The molecule has 0 saturated carbocycles. The van der Waals surface area contributed by atoms with E-state index in [1.165, 1.54) is 6.07 Å². The van der Waals surface area contributed by atoms with Crippen molar-refractivity contribution in [1.82, 2.24) is 0 Å². The number of rotatable bonds is 4. The molecular formula is C27H20O4. The smallest absolute Gasteiger partial charge is 0.134 e. The molecule has 0 amide bonds. The number of hydrogen-bond acceptors (Lipinski definition) is 4. The largest absolute Gasteiger partial charge is 0.508 e. The van der Waals surface area contributed by atoms with Crippen molar-refractivity contribution in [2.45, 2.75) is 6.42 Å². The Bertz CT molecular complexity index is 1360. The number of aromatic hydroxyl groups is 3. The van der Waals surface area contributed by atoms with E-state index in [1.807, 2.05) is 48.5 Å². The first kappa shape index (κ1) is 18.8.